The molecule has 1 saturated carbocycles. The fraction of sp³-hybridized carbons (Fsp3) is 0.700. The van der Waals surface area contributed by atoms with Crippen molar-refractivity contribution in [2.24, 2.45) is 0 Å². The van der Waals surface area contributed by atoms with Crippen molar-refractivity contribution in [3.8, 4) is 0 Å². The monoisotopic (exact) mass is 184 g/mol. The van der Waals surface area contributed by atoms with Gasteiger partial charge in [-0.3, -0.25) is 0 Å². The van der Waals surface area contributed by atoms with Crippen LogP contribution in [0.5, 0.6) is 0 Å². The van der Waals surface area contributed by atoms with Crippen LogP contribution >= 0.6 is 0 Å². The maximum absolute atomic E-state index is 10.9. The highest BCUT2D eigenvalue weighted by molar-refractivity contribution is 5.82. The molecule has 0 heterocycles. The molecule has 74 valence electrons. The topological polar surface area (TPSA) is 35.5 Å². The summed E-state index contributed by atoms with van der Waals surface area (Å²) in [5.41, 5.74) is 1.14. The lowest BCUT2D eigenvalue weighted by Crippen LogP contribution is -2.16. The van der Waals surface area contributed by atoms with E-state index >= 15 is 0 Å². The van der Waals surface area contributed by atoms with Gasteiger partial charge in [0.15, 0.2) is 0 Å². The number of ether oxygens (including phenoxy) is 2. The maximum atomic E-state index is 10.9. The highest BCUT2D eigenvalue weighted by atomic mass is 16.5. The van der Waals surface area contributed by atoms with Gasteiger partial charge in [-0.15, -0.1) is 0 Å². The summed E-state index contributed by atoms with van der Waals surface area (Å²) < 4.78 is 9.81. The Bertz CT molecular complexity index is 208. The third-order valence-corrected chi connectivity index (χ3v) is 2.37. The molecular weight excluding hydrogens is 168 g/mol. The van der Waals surface area contributed by atoms with Crippen LogP contribution in [-0.4, -0.2) is 26.3 Å². The largest absolute Gasteiger partial charge is 0.466 e. The first-order valence-electron chi connectivity index (χ1n) is 4.56. The molecule has 1 atom stereocenters. The van der Waals surface area contributed by atoms with E-state index in [0.29, 0.717) is 0 Å². The highest BCUT2D eigenvalue weighted by Gasteiger charge is 2.16. The normalized spacial score (nSPS) is 26.0. The number of methoxy groups -OCH3 is 2. The molecule has 1 fully saturated rings. The first-order valence-corrected chi connectivity index (χ1v) is 4.56. The Morgan fingerprint density at radius 1 is 1.54 bits per heavy atom. The van der Waals surface area contributed by atoms with E-state index in [1.165, 1.54) is 7.11 Å². The molecule has 0 aromatic heterocycles. The van der Waals surface area contributed by atoms with E-state index in [-0.39, 0.29) is 12.1 Å². The average Bonchev–Trinajstić information content (AvgIpc) is 2.18. The van der Waals surface area contributed by atoms with Gasteiger partial charge in [-0.1, -0.05) is 5.57 Å². The minimum absolute atomic E-state index is 0.258. The van der Waals surface area contributed by atoms with Crippen LogP contribution in [0.15, 0.2) is 11.6 Å². The minimum Gasteiger partial charge on any atom is -0.466 e. The Morgan fingerprint density at radius 2 is 2.31 bits per heavy atom. The number of hydrogen-bond donors (Lipinski definition) is 0. The predicted molar refractivity (Wildman–Crippen MR) is 49.4 cm³/mol. The van der Waals surface area contributed by atoms with Gasteiger partial charge in [-0.25, -0.2) is 4.79 Å². The molecule has 3 nitrogen and oxygen atoms in total. The second-order valence-electron chi connectivity index (χ2n) is 3.28. The van der Waals surface area contributed by atoms with Crippen LogP contribution in [0.4, 0.5) is 0 Å². The number of hydrogen-bond acceptors (Lipinski definition) is 3. The van der Waals surface area contributed by atoms with E-state index in [4.69, 9.17) is 4.74 Å². The van der Waals surface area contributed by atoms with Crippen LogP contribution < -0.4 is 0 Å². The van der Waals surface area contributed by atoms with Crippen LogP contribution in [0.1, 0.15) is 25.7 Å². The van der Waals surface area contributed by atoms with Crippen LogP contribution in [0, 0.1) is 0 Å². The van der Waals surface area contributed by atoms with Crippen LogP contribution in [0.3, 0.4) is 0 Å². The van der Waals surface area contributed by atoms with E-state index in [9.17, 15) is 4.79 Å². The molecule has 0 aromatic rings. The fourth-order valence-electron chi connectivity index (χ4n) is 1.61. The summed E-state index contributed by atoms with van der Waals surface area (Å²) in [7, 11) is 3.11. The molecule has 0 bridgehead atoms. The zero-order chi connectivity index (χ0) is 9.68. The molecule has 0 amide bonds. The van der Waals surface area contributed by atoms with Crippen molar-refractivity contribution in [1.29, 1.82) is 0 Å². The number of carbonyl (C=O) groups excluding carboxylic acids is 1. The average molecular weight is 184 g/mol. The SMILES string of the molecule is COC(=O)C=C1CCCC(OC)C1. The Kier molecular flexibility index (Phi) is 3.96. The Morgan fingerprint density at radius 3 is 2.92 bits per heavy atom. The summed E-state index contributed by atoms with van der Waals surface area (Å²) in [4.78, 5) is 10.9. The van der Waals surface area contributed by atoms with Crippen molar-refractivity contribution in [2.45, 2.75) is 31.8 Å². The van der Waals surface area contributed by atoms with Crippen molar-refractivity contribution >= 4 is 5.97 Å². The summed E-state index contributed by atoms with van der Waals surface area (Å²) in [5, 5.41) is 0. The summed E-state index contributed by atoms with van der Waals surface area (Å²) in [6, 6.07) is 0. The first-order chi connectivity index (χ1) is 6.26. The van der Waals surface area contributed by atoms with Gasteiger partial charge >= 0.3 is 5.97 Å². The zero-order valence-corrected chi connectivity index (χ0v) is 8.21. The third-order valence-electron chi connectivity index (χ3n) is 2.37. The lowest BCUT2D eigenvalue weighted by atomic mass is 9.92. The van der Waals surface area contributed by atoms with E-state index in [1.807, 2.05) is 0 Å². The number of rotatable bonds is 2. The molecule has 0 N–H and O–H groups in total. The molecule has 0 spiro atoms. The molecule has 1 unspecified atom stereocenters. The fourth-order valence-corrected chi connectivity index (χ4v) is 1.61. The van der Waals surface area contributed by atoms with Crippen molar-refractivity contribution < 1.29 is 14.3 Å². The lowest BCUT2D eigenvalue weighted by molar-refractivity contribution is -0.134. The Labute approximate surface area is 78.7 Å². The summed E-state index contributed by atoms with van der Waals surface area (Å²) in [6.45, 7) is 0. The van der Waals surface area contributed by atoms with Gasteiger partial charge in [0, 0.05) is 13.2 Å². The second-order valence-corrected chi connectivity index (χ2v) is 3.28. The third kappa shape index (κ3) is 3.19. The summed E-state index contributed by atoms with van der Waals surface area (Å²) >= 11 is 0. The van der Waals surface area contributed by atoms with E-state index < -0.39 is 0 Å². The minimum atomic E-state index is -0.258. The molecule has 1 aliphatic rings. The first kappa shape index (κ1) is 10.3. The summed E-state index contributed by atoms with van der Waals surface area (Å²) in [6.07, 6.45) is 5.92. The molecule has 0 saturated heterocycles. The standard InChI is InChI=1S/C10H16O3/c1-12-9-5-3-4-8(6-9)7-10(11)13-2/h7,9H,3-6H2,1-2H3. The molecule has 1 aliphatic carbocycles. The predicted octanol–water partition coefficient (Wildman–Crippen LogP) is 1.67. The molecule has 1 rings (SSSR count). The van der Waals surface area contributed by atoms with E-state index in [0.717, 1.165) is 31.3 Å². The number of esters is 1. The van der Waals surface area contributed by atoms with Crippen molar-refractivity contribution in [2.75, 3.05) is 14.2 Å². The smallest absolute Gasteiger partial charge is 0.330 e. The van der Waals surface area contributed by atoms with Crippen molar-refractivity contribution in [3.63, 3.8) is 0 Å². The Balaban J connectivity index is 2.50. The van der Waals surface area contributed by atoms with Gasteiger partial charge in [0.25, 0.3) is 0 Å². The highest BCUT2D eigenvalue weighted by Crippen LogP contribution is 2.25. The molecular formula is C10H16O3. The molecule has 0 aromatic carbocycles. The van der Waals surface area contributed by atoms with E-state index in [1.54, 1.807) is 13.2 Å². The van der Waals surface area contributed by atoms with Crippen LogP contribution in [-0.2, 0) is 14.3 Å². The molecule has 13 heavy (non-hydrogen) atoms. The van der Waals surface area contributed by atoms with E-state index in [2.05, 4.69) is 4.74 Å². The summed E-state index contributed by atoms with van der Waals surface area (Å²) in [5.74, 6) is -0.258. The van der Waals surface area contributed by atoms with Gasteiger partial charge in [-0.2, -0.15) is 0 Å². The lowest BCUT2D eigenvalue weighted by Gasteiger charge is -2.22. The number of carbonyl (C=O) groups is 1. The quantitative estimate of drug-likeness (QED) is 0.484. The van der Waals surface area contributed by atoms with Crippen molar-refractivity contribution in [3.05, 3.63) is 11.6 Å². The van der Waals surface area contributed by atoms with Gasteiger partial charge in [0.2, 0.25) is 0 Å². The maximum Gasteiger partial charge on any atom is 0.330 e. The van der Waals surface area contributed by atoms with Crippen LogP contribution in [0.25, 0.3) is 0 Å². The zero-order valence-electron chi connectivity index (χ0n) is 8.21. The van der Waals surface area contributed by atoms with Gasteiger partial charge in [0.05, 0.1) is 13.2 Å². The Hall–Kier alpha value is -0.830. The second kappa shape index (κ2) is 5.02. The van der Waals surface area contributed by atoms with Crippen molar-refractivity contribution in [1.82, 2.24) is 0 Å². The van der Waals surface area contributed by atoms with Gasteiger partial charge < -0.3 is 9.47 Å². The molecule has 0 aliphatic heterocycles. The molecule has 3 heteroatoms. The van der Waals surface area contributed by atoms with Gasteiger partial charge in [-0.05, 0) is 25.7 Å². The van der Waals surface area contributed by atoms with Crippen LogP contribution in [0.2, 0.25) is 0 Å². The molecule has 0 radical (unpaired) electrons. The van der Waals surface area contributed by atoms with Gasteiger partial charge in [0.1, 0.15) is 0 Å².